The maximum Gasteiger partial charge on any atom is 0.460 e. The molecule has 6 aromatic carbocycles. The van der Waals surface area contributed by atoms with Crippen molar-refractivity contribution in [3.8, 4) is 34.5 Å². The predicted molar refractivity (Wildman–Crippen MR) is 210 cm³/mol. The number of para-hydroxylation sites is 6. The maximum atomic E-state index is 7.03. The first-order chi connectivity index (χ1) is 26.6. The van der Waals surface area contributed by atoms with E-state index in [0.717, 1.165) is 5.56 Å². The van der Waals surface area contributed by atoms with Crippen molar-refractivity contribution in [1.29, 1.82) is 0 Å². The zero-order chi connectivity index (χ0) is 36.5. The van der Waals surface area contributed by atoms with Crippen LogP contribution in [0.5, 0.6) is 34.5 Å². The van der Waals surface area contributed by atoms with Crippen LogP contribution in [0.15, 0.2) is 189 Å². The van der Waals surface area contributed by atoms with Gasteiger partial charge in [-0.3, -0.25) is 0 Å². The molecule has 1 saturated heterocycles. The minimum atomic E-state index is -4.02. The second-order valence-corrected chi connectivity index (χ2v) is 18.1. The third-order valence-electron chi connectivity index (χ3n) is 7.67. The quantitative estimate of drug-likeness (QED) is 0.0704. The minimum absolute atomic E-state index is 0.0923. The Bertz CT molecular complexity index is 2140. The van der Waals surface area contributed by atoms with E-state index in [1.807, 2.05) is 115 Å². The van der Waals surface area contributed by atoms with Gasteiger partial charge in [0.2, 0.25) is 0 Å². The molecule has 0 saturated carbocycles. The summed E-state index contributed by atoms with van der Waals surface area (Å²) >= 11 is 0. The summed E-state index contributed by atoms with van der Waals surface area (Å²) in [7, 11) is -11.9. The minimum Gasteiger partial charge on any atom is -0.413 e. The van der Waals surface area contributed by atoms with Crippen molar-refractivity contribution in [3.05, 3.63) is 181 Å². The van der Waals surface area contributed by atoms with Gasteiger partial charge in [-0.2, -0.15) is 0 Å². The molecule has 0 aromatic heterocycles. The second-order valence-electron chi connectivity index (χ2n) is 11.9. The first-order valence-corrected chi connectivity index (χ1v) is 21.8. The number of benzene rings is 6. The van der Waals surface area contributed by atoms with Crippen molar-refractivity contribution in [2.45, 2.75) is 12.7 Å². The first-order valence-electron chi connectivity index (χ1n) is 17.2. The molecule has 0 N–H and O–H groups in total. The molecule has 0 radical (unpaired) electrons. The van der Waals surface area contributed by atoms with E-state index in [2.05, 4.69) is 0 Å². The fourth-order valence-electron chi connectivity index (χ4n) is 5.16. The lowest BCUT2D eigenvalue weighted by Crippen LogP contribution is -2.11. The van der Waals surface area contributed by atoms with Crippen LogP contribution in [0.3, 0.4) is 0 Å². The Kier molecular flexibility index (Phi) is 10.9. The molecule has 6 aromatic rings. The molecule has 0 bridgehead atoms. The van der Waals surface area contributed by atoms with Crippen molar-refractivity contribution >= 4 is 23.0 Å². The lowest BCUT2D eigenvalue weighted by molar-refractivity contribution is 0.103. The van der Waals surface area contributed by atoms with E-state index in [-0.39, 0.29) is 12.7 Å². The molecule has 274 valence electrons. The van der Waals surface area contributed by atoms with Gasteiger partial charge in [0.15, 0.2) is 0 Å². The fraction of sp³-hybridized carbons (Fsp3) is 0.100. The van der Waals surface area contributed by atoms with E-state index < -0.39 is 23.0 Å². The van der Waals surface area contributed by atoms with Gasteiger partial charge >= 0.3 is 23.0 Å². The van der Waals surface area contributed by atoms with Gasteiger partial charge in [-0.05, 0) is 66.7 Å². The molecule has 2 aliphatic rings. The number of rotatable bonds is 16. The number of hydrogen-bond donors (Lipinski definition) is 0. The third kappa shape index (κ3) is 9.26. The van der Waals surface area contributed by atoms with Gasteiger partial charge in [-0.1, -0.05) is 123 Å². The first kappa shape index (κ1) is 35.7. The monoisotopic (exact) mass is 779 g/mol. The Hall–Kier alpha value is -5.27. The van der Waals surface area contributed by atoms with Crippen molar-refractivity contribution in [3.63, 3.8) is 0 Å². The summed E-state index contributed by atoms with van der Waals surface area (Å²) in [6.07, 6.45) is 0.0923. The molecule has 11 nitrogen and oxygen atoms in total. The molecule has 2 aliphatic heterocycles. The Labute approximate surface area is 314 Å². The van der Waals surface area contributed by atoms with Crippen molar-refractivity contribution < 1.29 is 36.6 Å². The Morgan fingerprint density at radius 3 is 1.09 bits per heavy atom. The van der Waals surface area contributed by atoms with E-state index in [9.17, 15) is 0 Å². The molecular weight excluding hydrogens is 743 g/mol. The number of nitrogens with zero attached hydrogens (tertiary/aromatic N) is 3. The molecule has 8 rings (SSSR count). The number of hydrogen-bond acceptors (Lipinski definition) is 11. The SMILES string of the molecule is c1ccc(OP2(Oc3ccccc3)=NP(Oc3ccccc3)(Oc3ccccc3)=NP(Oc3ccccc3)(Oc3ccccc3COCC3CO3)=N2)cc1. The summed E-state index contributed by atoms with van der Waals surface area (Å²) in [6, 6.07) is 53.6. The largest absolute Gasteiger partial charge is 0.460 e. The zero-order valence-corrected chi connectivity index (χ0v) is 31.6. The lowest BCUT2D eigenvalue weighted by atomic mass is 10.2. The van der Waals surface area contributed by atoms with Crippen LogP contribution in [-0.4, -0.2) is 19.3 Å². The van der Waals surface area contributed by atoms with Gasteiger partial charge in [0, 0.05) is 5.56 Å². The van der Waals surface area contributed by atoms with Gasteiger partial charge in [0.05, 0.1) is 19.8 Å². The summed E-state index contributed by atoms with van der Waals surface area (Å²) < 4.78 is 68.4. The van der Waals surface area contributed by atoms with E-state index in [0.29, 0.717) is 47.7 Å². The summed E-state index contributed by atoms with van der Waals surface area (Å²) in [5.74, 6) is 2.66. The van der Waals surface area contributed by atoms with Gasteiger partial charge in [-0.15, -0.1) is 0 Å². The lowest BCUT2D eigenvalue weighted by Gasteiger charge is -2.33. The van der Waals surface area contributed by atoms with E-state index >= 15 is 0 Å². The van der Waals surface area contributed by atoms with Crippen LogP contribution < -0.4 is 27.1 Å². The Morgan fingerprint density at radius 2 is 0.741 bits per heavy atom. The van der Waals surface area contributed by atoms with Crippen molar-refractivity contribution in [1.82, 2.24) is 0 Å². The standard InChI is InChI=1S/C40H36N3O8P3/c1-6-19-34(20-7-1)46-52(47-35-21-8-2-9-22-35)41-53(48-36-23-10-3-11-24-36,49-37-25-12-4-13-26-37)43-54(42-52,50-38-27-14-5-15-28-38)51-40-29-17-16-18-33(40)30-44-31-39-32-45-39/h1-29,39H,30-32H2. The molecule has 2 unspecified atom stereocenters. The van der Waals surface area contributed by atoms with Crippen LogP contribution in [0, 0.1) is 0 Å². The molecule has 0 spiro atoms. The predicted octanol–water partition coefficient (Wildman–Crippen LogP) is 12.2. The smallest absolute Gasteiger partial charge is 0.413 e. The molecule has 1 fully saturated rings. The van der Waals surface area contributed by atoms with Crippen LogP contribution in [0.25, 0.3) is 0 Å². The molecular formula is C40H36N3O8P3. The molecule has 2 heterocycles. The number of ether oxygens (including phenoxy) is 2. The Balaban J connectivity index is 1.40. The molecule has 54 heavy (non-hydrogen) atoms. The van der Waals surface area contributed by atoms with Gasteiger partial charge in [-0.25, -0.2) is 0 Å². The Morgan fingerprint density at radius 1 is 0.426 bits per heavy atom. The van der Waals surface area contributed by atoms with Crippen LogP contribution in [0.4, 0.5) is 0 Å². The third-order valence-corrected chi connectivity index (χ3v) is 15.8. The summed E-state index contributed by atoms with van der Waals surface area (Å²) in [5.41, 5.74) is 0.746. The van der Waals surface area contributed by atoms with Crippen molar-refractivity contribution in [2.24, 2.45) is 13.5 Å². The van der Waals surface area contributed by atoms with Crippen LogP contribution in [0.2, 0.25) is 0 Å². The van der Waals surface area contributed by atoms with Crippen LogP contribution in [0.1, 0.15) is 5.56 Å². The average Bonchev–Trinajstić information content (AvgIpc) is 4.02. The highest BCUT2D eigenvalue weighted by atomic mass is 31.3. The highest BCUT2D eigenvalue weighted by Crippen LogP contribution is 2.78. The zero-order valence-electron chi connectivity index (χ0n) is 28.9. The summed E-state index contributed by atoms with van der Waals surface area (Å²) in [5, 5.41) is 0. The molecule has 0 amide bonds. The second kappa shape index (κ2) is 16.4. The summed E-state index contributed by atoms with van der Waals surface area (Å²) in [6.45, 7) is 1.38. The normalized spacial score (nSPS) is 19.1. The van der Waals surface area contributed by atoms with Gasteiger partial charge in [0.1, 0.15) is 40.6 Å². The van der Waals surface area contributed by atoms with Gasteiger partial charge in [0.25, 0.3) is 0 Å². The molecule has 0 aliphatic carbocycles. The van der Waals surface area contributed by atoms with Crippen molar-refractivity contribution in [2.75, 3.05) is 13.2 Å². The highest BCUT2D eigenvalue weighted by Gasteiger charge is 2.49. The number of epoxide rings is 1. The maximum absolute atomic E-state index is 7.03. The fourth-order valence-corrected chi connectivity index (χ4v) is 14.3. The highest BCUT2D eigenvalue weighted by molar-refractivity contribution is 7.79. The molecule has 14 heteroatoms. The van der Waals surface area contributed by atoms with Crippen LogP contribution >= 0.6 is 23.0 Å². The average molecular weight is 780 g/mol. The van der Waals surface area contributed by atoms with E-state index in [1.54, 1.807) is 60.7 Å². The van der Waals surface area contributed by atoms with E-state index in [1.165, 1.54) is 0 Å². The van der Waals surface area contributed by atoms with E-state index in [4.69, 9.17) is 50.2 Å². The topological polar surface area (TPSA) is 114 Å². The van der Waals surface area contributed by atoms with Gasteiger partial charge < -0.3 is 36.6 Å². The molecule has 2 atom stereocenters. The summed E-state index contributed by atoms with van der Waals surface area (Å²) in [4.78, 5) is 0. The van der Waals surface area contributed by atoms with Crippen LogP contribution in [-0.2, 0) is 16.1 Å².